The van der Waals surface area contributed by atoms with E-state index in [9.17, 15) is 9.59 Å². The van der Waals surface area contributed by atoms with E-state index < -0.39 is 0 Å². The average molecular weight is 365 g/mol. The number of hydrogen-bond donors (Lipinski definition) is 2. The molecule has 7 heteroatoms. The summed E-state index contributed by atoms with van der Waals surface area (Å²) in [5.74, 6) is -0.0822. The van der Waals surface area contributed by atoms with Crippen molar-refractivity contribution >= 4 is 11.7 Å². The van der Waals surface area contributed by atoms with Crippen molar-refractivity contribution in [1.29, 1.82) is 0 Å². The molecule has 2 aromatic heterocycles. The molecule has 2 heterocycles. The third-order valence-corrected chi connectivity index (χ3v) is 4.54. The highest BCUT2D eigenvalue weighted by atomic mass is 16.1. The number of amides is 1. The van der Waals surface area contributed by atoms with Crippen molar-refractivity contribution in [2.75, 3.05) is 0 Å². The largest absolute Gasteiger partial charge is 0.352 e. The second kappa shape index (κ2) is 7.99. The molecule has 0 aliphatic heterocycles. The van der Waals surface area contributed by atoms with Gasteiger partial charge in [-0.25, -0.2) is 0 Å². The standard InChI is InChI=1S/C20H23N5O2/c1-13-19(15(3)26)14(2)25(24-13)10-9-18(27)21-11-17-12-22-23-20(17)16-7-5-4-6-8-16/h4-8,12H,9-11H2,1-3H3,(H,21,27)(H,22,23). The van der Waals surface area contributed by atoms with Crippen molar-refractivity contribution in [3.63, 3.8) is 0 Å². The van der Waals surface area contributed by atoms with Crippen LogP contribution in [0, 0.1) is 13.8 Å². The SMILES string of the molecule is CC(=O)c1c(C)nn(CCC(=O)NCc2cn[nH]c2-c2ccccc2)c1C. The molecule has 1 aromatic carbocycles. The second-order valence-electron chi connectivity index (χ2n) is 6.49. The van der Waals surface area contributed by atoms with Crippen LogP contribution in [0.25, 0.3) is 11.3 Å². The Morgan fingerprint density at radius 2 is 1.93 bits per heavy atom. The highest BCUT2D eigenvalue weighted by molar-refractivity contribution is 5.96. The van der Waals surface area contributed by atoms with Crippen LogP contribution in [0.5, 0.6) is 0 Å². The maximum Gasteiger partial charge on any atom is 0.222 e. The second-order valence-corrected chi connectivity index (χ2v) is 6.49. The van der Waals surface area contributed by atoms with Crippen LogP contribution in [0.15, 0.2) is 36.5 Å². The first-order valence-corrected chi connectivity index (χ1v) is 8.86. The molecule has 0 spiro atoms. The Hall–Kier alpha value is -3.22. The molecule has 0 atom stereocenters. The fourth-order valence-electron chi connectivity index (χ4n) is 3.21. The number of hydrogen-bond acceptors (Lipinski definition) is 4. The number of ketones is 1. The average Bonchev–Trinajstić information content (AvgIpc) is 3.23. The van der Waals surface area contributed by atoms with Crippen molar-refractivity contribution in [2.45, 2.75) is 40.3 Å². The van der Waals surface area contributed by atoms with Gasteiger partial charge in [-0.1, -0.05) is 30.3 Å². The number of aromatic nitrogens is 4. The molecule has 3 aromatic rings. The van der Waals surface area contributed by atoms with E-state index in [1.807, 2.05) is 44.2 Å². The summed E-state index contributed by atoms with van der Waals surface area (Å²) in [6, 6.07) is 9.87. The number of nitrogens with zero attached hydrogens (tertiary/aromatic N) is 3. The molecule has 3 rings (SSSR count). The lowest BCUT2D eigenvalue weighted by molar-refractivity contribution is -0.121. The molecular formula is C20H23N5O2. The van der Waals surface area contributed by atoms with Gasteiger partial charge in [0.15, 0.2) is 5.78 Å². The van der Waals surface area contributed by atoms with E-state index in [1.165, 1.54) is 6.92 Å². The molecule has 2 N–H and O–H groups in total. The van der Waals surface area contributed by atoms with Gasteiger partial charge >= 0.3 is 0 Å². The minimum Gasteiger partial charge on any atom is -0.352 e. The topological polar surface area (TPSA) is 92.7 Å². The first kappa shape index (κ1) is 18.6. The van der Waals surface area contributed by atoms with Crippen LogP contribution >= 0.6 is 0 Å². The van der Waals surface area contributed by atoms with Crippen LogP contribution in [0.3, 0.4) is 0 Å². The summed E-state index contributed by atoms with van der Waals surface area (Å²) >= 11 is 0. The Morgan fingerprint density at radius 1 is 1.19 bits per heavy atom. The van der Waals surface area contributed by atoms with E-state index in [0.29, 0.717) is 24.3 Å². The molecule has 1 amide bonds. The smallest absolute Gasteiger partial charge is 0.222 e. The third-order valence-electron chi connectivity index (χ3n) is 4.54. The minimum absolute atomic E-state index is 0.00546. The first-order chi connectivity index (χ1) is 13.0. The van der Waals surface area contributed by atoms with Crippen LogP contribution < -0.4 is 5.32 Å². The van der Waals surface area contributed by atoms with Crippen LogP contribution in [-0.2, 0) is 17.9 Å². The Kier molecular flexibility index (Phi) is 5.49. The number of benzene rings is 1. The van der Waals surface area contributed by atoms with Crippen LogP contribution in [0.4, 0.5) is 0 Å². The van der Waals surface area contributed by atoms with Gasteiger partial charge in [-0.2, -0.15) is 10.2 Å². The first-order valence-electron chi connectivity index (χ1n) is 8.86. The molecule has 7 nitrogen and oxygen atoms in total. The lowest BCUT2D eigenvalue weighted by Gasteiger charge is -2.07. The van der Waals surface area contributed by atoms with Gasteiger partial charge in [0.2, 0.25) is 5.91 Å². The number of carbonyl (C=O) groups is 2. The fourth-order valence-corrected chi connectivity index (χ4v) is 3.21. The molecule has 0 unspecified atom stereocenters. The summed E-state index contributed by atoms with van der Waals surface area (Å²) in [6.07, 6.45) is 2.01. The van der Waals surface area contributed by atoms with Crippen LogP contribution in [-0.4, -0.2) is 31.7 Å². The van der Waals surface area contributed by atoms with Gasteiger partial charge in [0.05, 0.1) is 23.1 Å². The highest BCUT2D eigenvalue weighted by Gasteiger charge is 2.16. The molecule has 0 fully saturated rings. The van der Waals surface area contributed by atoms with Gasteiger partial charge in [0, 0.05) is 30.8 Å². The number of carbonyl (C=O) groups excluding carboxylic acids is 2. The molecule has 0 saturated carbocycles. The normalized spacial score (nSPS) is 10.8. The zero-order valence-corrected chi connectivity index (χ0v) is 15.7. The van der Waals surface area contributed by atoms with E-state index >= 15 is 0 Å². The van der Waals surface area contributed by atoms with E-state index in [4.69, 9.17) is 0 Å². The summed E-state index contributed by atoms with van der Waals surface area (Å²) in [4.78, 5) is 23.9. The quantitative estimate of drug-likeness (QED) is 0.630. The van der Waals surface area contributed by atoms with E-state index in [1.54, 1.807) is 10.9 Å². The van der Waals surface area contributed by atoms with Gasteiger partial charge in [-0.05, 0) is 26.3 Å². The van der Waals surface area contributed by atoms with Crippen LogP contribution in [0.2, 0.25) is 0 Å². The number of nitrogens with one attached hydrogen (secondary N) is 2. The Balaban J connectivity index is 1.58. The monoisotopic (exact) mass is 365 g/mol. The Bertz CT molecular complexity index is 956. The molecule has 0 bridgehead atoms. The van der Waals surface area contributed by atoms with E-state index in [2.05, 4.69) is 20.6 Å². The van der Waals surface area contributed by atoms with Crippen molar-refractivity contribution in [3.8, 4) is 11.3 Å². The van der Waals surface area contributed by atoms with Gasteiger partial charge in [-0.3, -0.25) is 19.4 Å². The Morgan fingerprint density at radius 3 is 2.59 bits per heavy atom. The van der Waals surface area contributed by atoms with Crippen molar-refractivity contribution in [1.82, 2.24) is 25.3 Å². The maximum atomic E-state index is 12.2. The predicted octanol–water partition coefficient (Wildman–Crippen LogP) is 2.80. The molecule has 27 heavy (non-hydrogen) atoms. The molecule has 0 aliphatic carbocycles. The third kappa shape index (κ3) is 4.13. The number of H-pyrrole nitrogens is 1. The van der Waals surface area contributed by atoms with Crippen LogP contribution in [0.1, 0.15) is 40.7 Å². The number of aryl methyl sites for hydroxylation is 2. The molecule has 0 radical (unpaired) electrons. The number of rotatable bonds is 7. The summed E-state index contributed by atoms with van der Waals surface area (Å²) in [7, 11) is 0. The summed E-state index contributed by atoms with van der Waals surface area (Å²) < 4.78 is 1.72. The molecule has 0 aliphatic rings. The summed E-state index contributed by atoms with van der Waals surface area (Å²) in [5.41, 5.74) is 5.00. The van der Waals surface area contributed by atoms with Crippen molar-refractivity contribution in [2.24, 2.45) is 0 Å². The molecular weight excluding hydrogens is 342 g/mol. The van der Waals surface area contributed by atoms with E-state index in [0.717, 1.165) is 22.5 Å². The van der Waals surface area contributed by atoms with Gasteiger partial charge in [0.1, 0.15) is 0 Å². The zero-order valence-electron chi connectivity index (χ0n) is 15.7. The zero-order chi connectivity index (χ0) is 19.4. The van der Waals surface area contributed by atoms with Crippen molar-refractivity contribution in [3.05, 3.63) is 59.0 Å². The molecule has 0 saturated heterocycles. The summed E-state index contributed by atoms with van der Waals surface area (Å²) in [5, 5.41) is 14.4. The fraction of sp³-hybridized carbons (Fsp3) is 0.300. The van der Waals surface area contributed by atoms with Gasteiger partial charge in [0.25, 0.3) is 0 Å². The Labute approximate surface area is 157 Å². The minimum atomic E-state index is -0.0767. The maximum absolute atomic E-state index is 12.2. The highest BCUT2D eigenvalue weighted by Crippen LogP contribution is 2.20. The van der Waals surface area contributed by atoms with Crippen molar-refractivity contribution < 1.29 is 9.59 Å². The van der Waals surface area contributed by atoms with E-state index in [-0.39, 0.29) is 18.1 Å². The lowest BCUT2D eigenvalue weighted by Crippen LogP contribution is -2.24. The predicted molar refractivity (Wildman–Crippen MR) is 102 cm³/mol. The summed E-state index contributed by atoms with van der Waals surface area (Å²) in [6.45, 7) is 6.03. The number of aromatic amines is 1. The number of Topliss-reactive ketones (excluding diaryl/α,β-unsaturated/α-hetero) is 1. The van der Waals surface area contributed by atoms with Gasteiger partial charge < -0.3 is 5.32 Å². The van der Waals surface area contributed by atoms with Gasteiger partial charge in [-0.15, -0.1) is 0 Å². The molecule has 140 valence electrons. The lowest BCUT2D eigenvalue weighted by atomic mass is 10.1.